The van der Waals surface area contributed by atoms with Crippen molar-refractivity contribution >= 4 is 10.4 Å². The molecule has 0 heterocycles. The first kappa shape index (κ1) is 22.5. The quantitative estimate of drug-likeness (QED) is 0.212. The fraction of sp³-hybridized carbons (Fsp3) is 0. The molecule has 0 aliphatic rings. The molecule has 0 aromatic rings. The zero-order valence-corrected chi connectivity index (χ0v) is 13.0. The molecule has 0 aliphatic heterocycles. The minimum Gasteiger partial charge on any atom is -1.00 e. The van der Waals surface area contributed by atoms with Crippen molar-refractivity contribution in [1.29, 1.82) is 0 Å². The van der Waals surface area contributed by atoms with E-state index in [1.54, 1.807) is 0 Å². The van der Waals surface area contributed by atoms with E-state index in [9.17, 15) is 0 Å². The van der Waals surface area contributed by atoms with Gasteiger partial charge in [0, 0.05) is 10.4 Å². The molecular weight excluding hydrogens is 181 g/mol. The molecule has 0 spiro atoms. The topological polar surface area (TPSA) is 80.3 Å². The first-order chi connectivity index (χ1) is 2.00. The monoisotopic (exact) mass is 182 g/mol. The van der Waals surface area contributed by atoms with Crippen molar-refractivity contribution in [3.63, 3.8) is 0 Å². The van der Waals surface area contributed by atoms with Crippen molar-refractivity contribution in [2.24, 2.45) is 0 Å². The van der Waals surface area contributed by atoms with Crippen molar-refractivity contribution in [2.75, 3.05) is 0 Å². The van der Waals surface area contributed by atoms with Crippen LogP contribution >= 0.6 is 0 Å². The van der Waals surface area contributed by atoms with Gasteiger partial charge in [0.1, 0.15) is 0 Å². The van der Waals surface area contributed by atoms with Crippen LogP contribution < -0.4 is 110 Å². The third-order valence-corrected chi connectivity index (χ3v) is 0. The minimum absolute atomic E-state index is 0. The Kier molecular flexibility index (Phi) is 29.6. The first-order valence-corrected chi connectivity index (χ1v) is 2.00. The van der Waals surface area contributed by atoms with E-state index in [0.717, 1.165) is 0 Å². The summed E-state index contributed by atoms with van der Waals surface area (Å²) in [5.74, 6) is 0. The molecule has 34 valence electrons. The van der Waals surface area contributed by atoms with Crippen LogP contribution in [-0.2, 0) is 10.4 Å². The van der Waals surface area contributed by atoms with Gasteiger partial charge in [-0.25, -0.2) is 0 Å². The summed E-state index contributed by atoms with van der Waals surface area (Å²) in [7, 11) is -5.17. The predicted octanol–water partition coefficient (Wildman–Crippen LogP) is -10.2. The summed E-state index contributed by atoms with van der Waals surface area (Å²) in [6, 6.07) is 0. The molecule has 0 unspecified atom stereocenters. The van der Waals surface area contributed by atoms with Gasteiger partial charge in [0.2, 0.25) is 0 Å². The molecule has 8 heteroatoms. The molecule has 8 heavy (non-hydrogen) atoms. The summed E-state index contributed by atoms with van der Waals surface area (Å²) >= 11 is 0. The van der Waals surface area contributed by atoms with Crippen LogP contribution in [0.5, 0.6) is 0 Å². The molecule has 0 N–H and O–H groups in total. The van der Waals surface area contributed by atoms with Gasteiger partial charge < -0.3 is 10.5 Å². The number of hydrogen-bond acceptors (Lipinski definition) is 4. The minimum atomic E-state index is -5.17. The Morgan fingerprint density at radius 2 is 1.12 bits per heavy atom. The van der Waals surface area contributed by atoms with E-state index in [-0.39, 0.29) is 112 Å². The van der Waals surface area contributed by atoms with E-state index < -0.39 is 10.4 Å². The Bertz CT molecular complexity index is 102. The second-order valence-corrected chi connectivity index (χ2v) is 1.22. The fourth-order valence-electron chi connectivity index (χ4n) is 0. The molecule has 0 aromatic heterocycles. The molecule has 0 fully saturated rings. The van der Waals surface area contributed by atoms with Crippen LogP contribution in [0.2, 0.25) is 0 Å². The maximum absolute atomic E-state index is 8.52. The van der Waals surface area contributed by atoms with Gasteiger partial charge in [-0.15, -0.1) is 0 Å². The second-order valence-electron chi connectivity index (χ2n) is 0.408. The largest absolute Gasteiger partial charge is 1.00 e. The average Bonchev–Trinajstić information content (AvgIpc) is 0.722. The van der Waals surface area contributed by atoms with Crippen molar-refractivity contribution in [2.45, 2.75) is 0 Å². The predicted molar refractivity (Wildman–Crippen MR) is 11.6 cm³/mol. The molecule has 0 saturated carbocycles. The standard InChI is InChI=1S/K.2Na.H2O4S.H/c;;;1-5(2,3)4;/h;;;(H2,1,2,3,4);/q3*+1;;-1/p-2. The fourth-order valence-corrected chi connectivity index (χ4v) is 0. The van der Waals surface area contributed by atoms with Crippen molar-refractivity contribution in [1.82, 2.24) is 0 Å². The van der Waals surface area contributed by atoms with E-state index in [0.29, 0.717) is 0 Å². The summed E-state index contributed by atoms with van der Waals surface area (Å²) in [6.07, 6.45) is 0. The molecule has 0 aliphatic carbocycles. The summed E-state index contributed by atoms with van der Waals surface area (Å²) in [5.41, 5.74) is 0. The van der Waals surface area contributed by atoms with Crippen LogP contribution in [0, 0.1) is 0 Å². The van der Waals surface area contributed by atoms with Crippen LogP contribution in [0.4, 0.5) is 0 Å². The molecule has 0 atom stereocenters. The molecule has 0 radical (unpaired) electrons. The number of rotatable bonds is 0. The van der Waals surface area contributed by atoms with E-state index in [1.807, 2.05) is 0 Å². The first-order valence-electron chi connectivity index (χ1n) is 0.667. The zero-order chi connectivity index (χ0) is 4.50. The smallest absolute Gasteiger partial charge is 1.00 e. The Morgan fingerprint density at radius 3 is 1.12 bits per heavy atom. The summed E-state index contributed by atoms with van der Waals surface area (Å²) < 4.78 is 34.1. The van der Waals surface area contributed by atoms with E-state index in [2.05, 4.69) is 0 Å². The third kappa shape index (κ3) is 55.9. The SMILES string of the molecule is O=S(=O)([O-])[O-].[H-].[K+].[Na+].[Na+]. The van der Waals surface area contributed by atoms with Crippen LogP contribution in [0.25, 0.3) is 0 Å². The molecular formula is HKNa2O4S. The summed E-state index contributed by atoms with van der Waals surface area (Å²) in [5, 5.41) is 0. The van der Waals surface area contributed by atoms with Crippen molar-refractivity contribution in [3.05, 3.63) is 0 Å². The van der Waals surface area contributed by atoms with E-state index in [4.69, 9.17) is 17.5 Å². The summed E-state index contributed by atoms with van der Waals surface area (Å²) in [6.45, 7) is 0. The maximum Gasteiger partial charge on any atom is 1.00 e. The third-order valence-electron chi connectivity index (χ3n) is 0. The van der Waals surface area contributed by atoms with Gasteiger partial charge in [0.25, 0.3) is 0 Å². The van der Waals surface area contributed by atoms with Crippen LogP contribution in [0.15, 0.2) is 0 Å². The van der Waals surface area contributed by atoms with Gasteiger partial charge in [-0.2, -0.15) is 0 Å². The van der Waals surface area contributed by atoms with Gasteiger partial charge in [0.15, 0.2) is 0 Å². The Balaban J connectivity index is -0.0000000133. The van der Waals surface area contributed by atoms with Gasteiger partial charge in [-0.1, -0.05) is 0 Å². The van der Waals surface area contributed by atoms with Crippen LogP contribution in [-0.4, -0.2) is 17.5 Å². The van der Waals surface area contributed by atoms with Gasteiger partial charge in [-0.05, 0) is 0 Å². The summed E-state index contributed by atoms with van der Waals surface area (Å²) in [4.78, 5) is 0. The van der Waals surface area contributed by atoms with Gasteiger partial charge >= 0.3 is 110 Å². The maximum atomic E-state index is 8.52. The van der Waals surface area contributed by atoms with Crippen molar-refractivity contribution in [3.8, 4) is 0 Å². The zero-order valence-electron chi connectivity index (χ0n) is 6.04. The average molecular weight is 182 g/mol. The van der Waals surface area contributed by atoms with Crippen molar-refractivity contribution < 1.29 is 129 Å². The molecule has 0 aromatic carbocycles. The molecule has 0 bridgehead atoms. The van der Waals surface area contributed by atoms with E-state index >= 15 is 0 Å². The Hall–Kier alpha value is 3.51. The Morgan fingerprint density at radius 1 is 1.12 bits per heavy atom. The number of hydrogen-bond donors (Lipinski definition) is 0. The Labute approximate surface area is 136 Å². The normalized spacial score (nSPS) is 7.25. The molecule has 0 amide bonds. The molecule has 0 saturated heterocycles. The van der Waals surface area contributed by atoms with Crippen LogP contribution in [0.1, 0.15) is 1.43 Å². The molecule has 0 rings (SSSR count). The van der Waals surface area contributed by atoms with Gasteiger partial charge in [0.05, 0.1) is 0 Å². The molecule has 4 nitrogen and oxygen atoms in total. The second kappa shape index (κ2) is 10.5. The van der Waals surface area contributed by atoms with E-state index in [1.165, 1.54) is 0 Å². The van der Waals surface area contributed by atoms with Gasteiger partial charge in [-0.3, -0.25) is 8.42 Å². The van der Waals surface area contributed by atoms with Crippen LogP contribution in [0.3, 0.4) is 0 Å².